The number of fused-ring (bicyclic) bond motifs is 1. The van der Waals surface area contributed by atoms with E-state index in [0.29, 0.717) is 17.9 Å². The SMILES string of the molecule is COc1ccc(CC(=O)N(C)C2CCCc3ccccc32)cc1OC. The van der Waals surface area contributed by atoms with Gasteiger partial charge in [0.25, 0.3) is 0 Å². The Hall–Kier alpha value is -2.49. The van der Waals surface area contributed by atoms with Crippen molar-refractivity contribution in [2.24, 2.45) is 0 Å². The van der Waals surface area contributed by atoms with Gasteiger partial charge in [-0.2, -0.15) is 0 Å². The van der Waals surface area contributed by atoms with Crippen molar-refractivity contribution in [3.63, 3.8) is 0 Å². The van der Waals surface area contributed by atoms with E-state index in [1.165, 1.54) is 11.1 Å². The maximum absolute atomic E-state index is 12.8. The van der Waals surface area contributed by atoms with Crippen LogP contribution in [0, 0.1) is 0 Å². The van der Waals surface area contributed by atoms with E-state index in [1.807, 2.05) is 30.1 Å². The number of methoxy groups -OCH3 is 2. The lowest BCUT2D eigenvalue weighted by Crippen LogP contribution is -2.34. The number of rotatable bonds is 5. The van der Waals surface area contributed by atoms with E-state index >= 15 is 0 Å². The van der Waals surface area contributed by atoms with Gasteiger partial charge in [-0.15, -0.1) is 0 Å². The van der Waals surface area contributed by atoms with Crippen molar-refractivity contribution >= 4 is 5.91 Å². The van der Waals surface area contributed by atoms with Crippen LogP contribution in [0.25, 0.3) is 0 Å². The van der Waals surface area contributed by atoms with Gasteiger partial charge in [0.15, 0.2) is 11.5 Å². The molecule has 0 N–H and O–H groups in total. The zero-order chi connectivity index (χ0) is 17.8. The fourth-order valence-electron chi connectivity index (χ4n) is 3.59. The van der Waals surface area contributed by atoms with Crippen LogP contribution in [-0.2, 0) is 17.6 Å². The molecule has 4 heteroatoms. The Bertz CT molecular complexity index is 757. The second kappa shape index (κ2) is 7.60. The minimum Gasteiger partial charge on any atom is -0.493 e. The quantitative estimate of drug-likeness (QED) is 0.832. The number of ether oxygens (including phenoxy) is 2. The summed E-state index contributed by atoms with van der Waals surface area (Å²) in [6.07, 6.45) is 3.60. The van der Waals surface area contributed by atoms with Crippen LogP contribution in [0.5, 0.6) is 11.5 Å². The highest BCUT2D eigenvalue weighted by Crippen LogP contribution is 2.34. The van der Waals surface area contributed by atoms with Crippen molar-refractivity contribution in [1.29, 1.82) is 0 Å². The number of amides is 1. The molecular weight excluding hydrogens is 314 g/mol. The van der Waals surface area contributed by atoms with Gasteiger partial charge >= 0.3 is 0 Å². The van der Waals surface area contributed by atoms with Gasteiger partial charge in [-0.1, -0.05) is 30.3 Å². The van der Waals surface area contributed by atoms with Gasteiger partial charge in [0, 0.05) is 7.05 Å². The molecule has 2 aromatic carbocycles. The number of aryl methyl sites for hydroxylation is 1. The van der Waals surface area contributed by atoms with E-state index in [1.54, 1.807) is 14.2 Å². The lowest BCUT2D eigenvalue weighted by atomic mass is 9.87. The molecule has 2 aromatic rings. The van der Waals surface area contributed by atoms with Gasteiger partial charge in [0.05, 0.1) is 26.7 Å². The van der Waals surface area contributed by atoms with Crippen molar-refractivity contribution in [1.82, 2.24) is 4.90 Å². The number of hydrogen-bond acceptors (Lipinski definition) is 3. The average Bonchev–Trinajstić information content (AvgIpc) is 2.66. The van der Waals surface area contributed by atoms with Crippen LogP contribution >= 0.6 is 0 Å². The third-order valence-electron chi connectivity index (χ3n) is 5.00. The number of carbonyl (C=O) groups excluding carboxylic acids is 1. The van der Waals surface area contributed by atoms with Crippen LogP contribution in [0.4, 0.5) is 0 Å². The van der Waals surface area contributed by atoms with Gasteiger partial charge in [-0.05, 0) is 48.1 Å². The Morgan fingerprint density at radius 1 is 1.12 bits per heavy atom. The molecule has 0 fully saturated rings. The minimum absolute atomic E-state index is 0.119. The highest BCUT2D eigenvalue weighted by molar-refractivity contribution is 5.79. The first-order chi connectivity index (χ1) is 12.1. The molecule has 0 heterocycles. The van der Waals surface area contributed by atoms with Gasteiger partial charge in [0.2, 0.25) is 5.91 Å². The van der Waals surface area contributed by atoms with E-state index < -0.39 is 0 Å². The van der Waals surface area contributed by atoms with Crippen LogP contribution < -0.4 is 9.47 Å². The van der Waals surface area contributed by atoms with Crippen molar-refractivity contribution in [3.8, 4) is 11.5 Å². The zero-order valence-electron chi connectivity index (χ0n) is 15.1. The van der Waals surface area contributed by atoms with Gasteiger partial charge in [-0.3, -0.25) is 4.79 Å². The molecule has 0 aromatic heterocycles. The topological polar surface area (TPSA) is 38.8 Å². The molecule has 0 bridgehead atoms. The zero-order valence-corrected chi connectivity index (χ0v) is 15.1. The Balaban J connectivity index is 1.76. The predicted octanol–water partition coefficient (Wildman–Crippen LogP) is 3.78. The van der Waals surface area contributed by atoms with E-state index in [-0.39, 0.29) is 11.9 Å². The smallest absolute Gasteiger partial charge is 0.227 e. The Morgan fingerprint density at radius 3 is 2.64 bits per heavy atom. The van der Waals surface area contributed by atoms with Crippen LogP contribution in [0.2, 0.25) is 0 Å². The van der Waals surface area contributed by atoms with Crippen LogP contribution in [-0.4, -0.2) is 32.1 Å². The summed E-state index contributed by atoms with van der Waals surface area (Å²) in [7, 11) is 5.13. The lowest BCUT2D eigenvalue weighted by Gasteiger charge is -2.33. The first-order valence-corrected chi connectivity index (χ1v) is 8.68. The summed E-state index contributed by atoms with van der Waals surface area (Å²) in [4.78, 5) is 14.7. The number of hydrogen-bond donors (Lipinski definition) is 0. The molecule has 3 rings (SSSR count). The Morgan fingerprint density at radius 2 is 1.88 bits per heavy atom. The first kappa shape index (κ1) is 17.3. The summed E-state index contributed by atoms with van der Waals surface area (Å²) in [5, 5.41) is 0. The highest BCUT2D eigenvalue weighted by Gasteiger charge is 2.26. The number of benzene rings is 2. The van der Waals surface area contributed by atoms with Crippen LogP contribution in [0.3, 0.4) is 0 Å². The van der Waals surface area contributed by atoms with Crippen LogP contribution in [0.15, 0.2) is 42.5 Å². The molecule has 0 saturated heterocycles. The molecule has 1 aliphatic carbocycles. The summed E-state index contributed by atoms with van der Waals surface area (Å²) in [5.41, 5.74) is 3.58. The maximum Gasteiger partial charge on any atom is 0.227 e. The molecule has 1 atom stereocenters. The second-order valence-corrected chi connectivity index (χ2v) is 6.48. The minimum atomic E-state index is 0.119. The molecular formula is C21H25NO3. The highest BCUT2D eigenvalue weighted by atomic mass is 16.5. The van der Waals surface area contributed by atoms with Crippen molar-refractivity contribution in [2.45, 2.75) is 31.7 Å². The molecule has 0 saturated carbocycles. The normalized spacial score (nSPS) is 16.0. The van der Waals surface area contributed by atoms with Crippen molar-refractivity contribution < 1.29 is 14.3 Å². The van der Waals surface area contributed by atoms with Crippen molar-refractivity contribution in [3.05, 3.63) is 59.2 Å². The third kappa shape index (κ3) is 3.63. The maximum atomic E-state index is 12.8. The van der Waals surface area contributed by atoms with E-state index in [2.05, 4.69) is 24.3 Å². The Labute approximate surface area is 149 Å². The predicted molar refractivity (Wildman–Crippen MR) is 98.1 cm³/mol. The van der Waals surface area contributed by atoms with E-state index in [4.69, 9.17) is 9.47 Å². The lowest BCUT2D eigenvalue weighted by molar-refractivity contribution is -0.131. The van der Waals surface area contributed by atoms with Gasteiger partial charge < -0.3 is 14.4 Å². The average molecular weight is 339 g/mol. The largest absolute Gasteiger partial charge is 0.493 e. The number of likely N-dealkylation sites (N-methyl/N-ethyl adjacent to an activating group) is 1. The summed E-state index contributed by atoms with van der Waals surface area (Å²) < 4.78 is 10.6. The molecule has 1 amide bonds. The van der Waals surface area contributed by atoms with Gasteiger partial charge in [0.1, 0.15) is 0 Å². The molecule has 0 radical (unpaired) electrons. The standard InChI is InChI=1S/C21H25NO3/c1-22(18-10-6-8-16-7-4-5-9-17(16)18)21(23)14-15-11-12-19(24-2)20(13-15)25-3/h4-5,7,9,11-13,18H,6,8,10,14H2,1-3H3. The van der Waals surface area contributed by atoms with Crippen LogP contribution in [0.1, 0.15) is 35.6 Å². The van der Waals surface area contributed by atoms with Gasteiger partial charge in [-0.25, -0.2) is 0 Å². The Kier molecular flexibility index (Phi) is 5.27. The van der Waals surface area contributed by atoms with E-state index in [9.17, 15) is 4.79 Å². The van der Waals surface area contributed by atoms with Crippen molar-refractivity contribution in [2.75, 3.05) is 21.3 Å². The third-order valence-corrected chi connectivity index (χ3v) is 5.00. The first-order valence-electron chi connectivity index (χ1n) is 8.68. The molecule has 1 unspecified atom stereocenters. The second-order valence-electron chi connectivity index (χ2n) is 6.48. The summed E-state index contributed by atoms with van der Waals surface area (Å²) in [6.45, 7) is 0. The summed E-state index contributed by atoms with van der Waals surface area (Å²) in [5.74, 6) is 1.45. The fraction of sp³-hybridized carbons (Fsp3) is 0.381. The van der Waals surface area contributed by atoms with E-state index in [0.717, 1.165) is 24.8 Å². The number of carbonyl (C=O) groups is 1. The fourth-order valence-corrected chi connectivity index (χ4v) is 3.59. The summed E-state index contributed by atoms with van der Waals surface area (Å²) >= 11 is 0. The molecule has 0 spiro atoms. The number of nitrogens with zero attached hydrogens (tertiary/aromatic N) is 1. The summed E-state index contributed by atoms with van der Waals surface area (Å²) in [6, 6.07) is 14.3. The molecule has 4 nitrogen and oxygen atoms in total. The molecule has 132 valence electrons. The molecule has 1 aliphatic rings. The molecule has 25 heavy (non-hydrogen) atoms. The molecule has 0 aliphatic heterocycles. The monoisotopic (exact) mass is 339 g/mol.